The van der Waals surface area contributed by atoms with E-state index in [0.717, 1.165) is 30.7 Å². The highest BCUT2D eigenvalue weighted by atomic mass is 16.3. The number of nitrogens with one attached hydrogen (secondary N) is 1. The molecule has 0 heterocycles. The molecule has 0 saturated heterocycles. The van der Waals surface area contributed by atoms with Gasteiger partial charge in [0.15, 0.2) is 0 Å². The molecule has 4 atom stereocenters. The van der Waals surface area contributed by atoms with Gasteiger partial charge >= 0.3 is 0 Å². The lowest BCUT2D eigenvalue weighted by Crippen LogP contribution is -2.39. The molecule has 3 heteroatoms. The van der Waals surface area contributed by atoms with Gasteiger partial charge in [-0.15, -0.1) is 0 Å². The van der Waals surface area contributed by atoms with Crippen molar-refractivity contribution in [2.24, 2.45) is 11.8 Å². The highest BCUT2D eigenvalue weighted by Crippen LogP contribution is 2.17. The van der Waals surface area contributed by atoms with E-state index < -0.39 is 0 Å². The third-order valence-electron chi connectivity index (χ3n) is 4.79. The fourth-order valence-electron chi connectivity index (χ4n) is 2.99. The first kappa shape index (κ1) is 20.7. The number of aliphatic hydroxyl groups is 1. The summed E-state index contributed by atoms with van der Waals surface area (Å²) in [5, 5.41) is 23.0. The first-order valence-electron chi connectivity index (χ1n) is 9.26. The fourth-order valence-corrected chi connectivity index (χ4v) is 2.99. The van der Waals surface area contributed by atoms with Crippen LogP contribution in [-0.2, 0) is 6.42 Å². The van der Waals surface area contributed by atoms with Crippen LogP contribution in [0.5, 0.6) is 5.75 Å². The van der Waals surface area contributed by atoms with Crippen LogP contribution >= 0.6 is 0 Å². The van der Waals surface area contributed by atoms with E-state index in [0.29, 0.717) is 5.92 Å². The number of allylic oxidation sites excluding steroid dienone is 2. The van der Waals surface area contributed by atoms with E-state index >= 15 is 0 Å². The molecular formula is C21H35NO2. The van der Waals surface area contributed by atoms with Crippen LogP contribution in [0, 0.1) is 11.8 Å². The zero-order valence-corrected chi connectivity index (χ0v) is 15.7. The predicted octanol–water partition coefficient (Wildman–Crippen LogP) is 4.29. The Morgan fingerprint density at radius 1 is 1.17 bits per heavy atom. The van der Waals surface area contributed by atoms with Crippen molar-refractivity contribution in [1.82, 2.24) is 5.32 Å². The molecule has 0 unspecified atom stereocenters. The van der Waals surface area contributed by atoms with Crippen molar-refractivity contribution in [2.75, 3.05) is 7.05 Å². The maximum atomic E-state index is 10.4. The van der Waals surface area contributed by atoms with Gasteiger partial charge in [0.1, 0.15) is 5.75 Å². The molecule has 1 aromatic rings. The molecule has 136 valence electrons. The average molecular weight is 334 g/mol. The molecule has 1 aromatic carbocycles. The minimum atomic E-state index is -0.377. The Bertz CT molecular complexity index is 469. The van der Waals surface area contributed by atoms with Crippen LogP contribution in [0.1, 0.15) is 52.0 Å². The highest BCUT2D eigenvalue weighted by Gasteiger charge is 2.17. The second-order valence-electron chi connectivity index (χ2n) is 7.06. The van der Waals surface area contributed by atoms with Crippen LogP contribution in [-0.4, -0.2) is 29.4 Å². The Morgan fingerprint density at radius 3 is 2.42 bits per heavy atom. The van der Waals surface area contributed by atoms with E-state index in [2.05, 4.69) is 38.2 Å². The summed E-state index contributed by atoms with van der Waals surface area (Å²) < 4.78 is 0. The summed E-state index contributed by atoms with van der Waals surface area (Å²) >= 11 is 0. The van der Waals surface area contributed by atoms with E-state index in [1.807, 2.05) is 19.2 Å². The molecule has 0 aliphatic carbocycles. The molecule has 0 amide bonds. The minimum absolute atomic E-state index is 0.0282. The maximum Gasteiger partial charge on any atom is 0.115 e. The molecule has 3 N–H and O–H groups in total. The van der Waals surface area contributed by atoms with Gasteiger partial charge in [-0.25, -0.2) is 0 Å². The third kappa shape index (κ3) is 7.98. The molecule has 0 aromatic heterocycles. The van der Waals surface area contributed by atoms with Crippen molar-refractivity contribution < 1.29 is 10.2 Å². The quantitative estimate of drug-likeness (QED) is 0.529. The molecule has 24 heavy (non-hydrogen) atoms. The van der Waals surface area contributed by atoms with Crippen molar-refractivity contribution in [2.45, 2.75) is 65.0 Å². The van der Waals surface area contributed by atoms with Crippen molar-refractivity contribution in [3.05, 3.63) is 42.0 Å². The molecule has 0 fully saturated rings. The molecule has 0 saturated carbocycles. The summed E-state index contributed by atoms with van der Waals surface area (Å²) in [4.78, 5) is 0. The normalized spacial score (nSPS) is 16.9. The van der Waals surface area contributed by atoms with Gasteiger partial charge in [-0.05, 0) is 62.3 Å². The number of hydrogen-bond donors (Lipinski definition) is 3. The van der Waals surface area contributed by atoms with Crippen LogP contribution < -0.4 is 5.32 Å². The Morgan fingerprint density at radius 2 is 1.83 bits per heavy atom. The third-order valence-corrected chi connectivity index (χ3v) is 4.79. The zero-order valence-electron chi connectivity index (χ0n) is 15.7. The van der Waals surface area contributed by atoms with E-state index in [9.17, 15) is 10.2 Å². The fraction of sp³-hybridized carbons (Fsp3) is 0.619. The van der Waals surface area contributed by atoms with Gasteiger partial charge in [-0.1, -0.05) is 51.5 Å². The number of phenolic OH excluding ortho intramolecular Hbond substituents is 1. The summed E-state index contributed by atoms with van der Waals surface area (Å²) in [6.07, 6.45) is 9.00. The molecular weight excluding hydrogens is 298 g/mol. The smallest absolute Gasteiger partial charge is 0.115 e. The monoisotopic (exact) mass is 333 g/mol. The Hall–Kier alpha value is -1.32. The number of likely N-dealkylation sites (N-methyl/N-ethyl adjacent to an activating group) is 1. The molecule has 0 spiro atoms. The van der Waals surface area contributed by atoms with Crippen LogP contribution in [0.2, 0.25) is 0 Å². The first-order valence-corrected chi connectivity index (χ1v) is 9.26. The molecule has 0 bridgehead atoms. The topological polar surface area (TPSA) is 52.5 Å². The van der Waals surface area contributed by atoms with Gasteiger partial charge in [0.25, 0.3) is 0 Å². The van der Waals surface area contributed by atoms with E-state index in [4.69, 9.17) is 0 Å². The van der Waals surface area contributed by atoms with E-state index in [1.54, 1.807) is 12.1 Å². The second kappa shape index (κ2) is 11.3. The van der Waals surface area contributed by atoms with Gasteiger partial charge in [-0.3, -0.25) is 0 Å². The second-order valence-corrected chi connectivity index (χ2v) is 7.06. The van der Waals surface area contributed by atoms with Gasteiger partial charge in [-0.2, -0.15) is 0 Å². The van der Waals surface area contributed by atoms with Crippen LogP contribution in [0.15, 0.2) is 36.4 Å². The summed E-state index contributed by atoms with van der Waals surface area (Å²) in [6, 6.07) is 7.22. The number of benzene rings is 1. The minimum Gasteiger partial charge on any atom is -0.508 e. The lowest BCUT2D eigenvalue weighted by Gasteiger charge is -2.22. The molecule has 0 aliphatic heterocycles. The molecule has 3 nitrogen and oxygen atoms in total. The number of aliphatic hydroxyl groups excluding tert-OH is 1. The van der Waals surface area contributed by atoms with Crippen LogP contribution in [0.3, 0.4) is 0 Å². The molecule has 1 rings (SSSR count). The highest BCUT2D eigenvalue weighted by molar-refractivity contribution is 5.26. The average Bonchev–Trinajstić information content (AvgIpc) is 2.57. The van der Waals surface area contributed by atoms with Gasteiger partial charge in [0.05, 0.1) is 6.10 Å². The van der Waals surface area contributed by atoms with Gasteiger partial charge in [0.2, 0.25) is 0 Å². The largest absolute Gasteiger partial charge is 0.508 e. The SMILES string of the molecule is CC[C@@H](C)C[C@H](C)/C=C/CC[C@H](O)[C@@H](Cc1ccc(O)cc1)NC. The predicted molar refractivity (Wildman–Crippen MR) is 102 cm³/mol. The van der Waals surface area contributed by atoms with Gasteiger partial charge in [0, 0.05) is 6.04 Å². The summed E-state index contributed by atoms with van der Waals surface area (Å²) in [6.45, 7) is 6.80. The van der Waals surface area contributed by atoms with E-state index in [1.165, 1.54) is 12.8 Å². The van der Waals surface area contributed by atoms with Crippen LogP contribution in [0.4, 0.5) is 0 Å². The Balaban J connectivity index is 2.38. The zero-order chi connectivity index (χ0) is 17.9. The lowest BCUT2D eigenvalue weighted by atomic mass is 9.94. The van der Waals surface area contributed by atoms with E-state index in [-0.39, 0.29) is 17.9 Å². The first-order chi connectivity index (χ1) is 11.5. The van der Waals surface area contributed by atoms with Crippen molar-refractivity contribution in [3.63, 3.8) is 0 Å². The van der Waals surface area contributed by atoms with Crippen molar-refractivity contribution in [1.29, 1.82) is 0 Å². The Kier molecular flexibility index (Phi) is 9.73. The standard InChI is InChI=1S/C21H35NO2/c1-5-16(2)14-17(3)8-6-7-9-21(24)20(22-4)15-18-10-12-19(23)13-11-18/h6,8,10-13,16-17,20-24H,5,7,9,14-15H2,1-4H3/b8-6+/t16-,17-,20-,21+/m1/s1. The Labute approximate surface area is 147 Å². The van der Waals surface area contributed by atoms with Gasteiger partial charge < -0.3 is 15.5 Å². The molecule has 0 aliphatic rings. The number of aromatic hydroxyl groups is 1. The summed E-state index contributed by atoms with van der Waals surface area (Å²) in [5.74, 6) is 1.65. The lowest BCUT2D eigenvalue weighted by molar-refractivity contribution is 0.122. The van der Waals surface area contributed by atoms with Crippen molar-refractivity contribution in [3.8, 4) is 5.75 Å². The summed E-state index contributed by atoms with van der Waals surface area (Å²) in [7, 11) is 1.89. The molecule has 0 radical (unpaired) electrons. The van der Waals surface area contributed by atoms with Crippen LogP contribution in [0.25, 0.3) is 0 Å². The number of phenols is 1. The van der Waals surface area contributed by atoms with Crippen molar-refractivity contribution >= 4 is 0 Å². The summed E-state index contributed by atoms with van der Waals surface area (Å²) in [5.41, 5.74) is 1.11. The number of hydrogen-bond acceptors (Lipinski definition) is 3. The maximum absolute atomic E-state index is 10.4. The number of rotatable bonds is 11.